The Morgan fingerprint density at radius 3 is 2.26 bits per heavy atom. The topological polar surface area (TPSA) is 43.9 Å². The molecule has 2 aromatic carbocycles. The molecule has 164 valence electrons. The van der Waals surface area contributed by atoms with Gasteiger partial charge in [-0.25, -0.2) is 0 Å². The maximum absolute atomic E-state index is 13.3. The lowest BCUT2D eigenvalue weighted by Crippen LogP contribution is -2.54. The van der Waals surface area contributed by atoms with E-state index in [1.54, 1.807) is 4.90 Å². The second kappa shape index (κ2) is 8.74. The number of benzene rings is 2. The van der Waals surface area contributed by atoms with Crippen LogP contribution in [0.3, 0.4) is 0 Å². The van der Waals surface area contributed by atoms with Crippen molar-refractivity contribution in [3.05, 3.63) is 65.7 Å². The largest absolute Gasteiger partial charge is 0.368 e. The normalized spacial score (nSPS) is 19.8. The molecule has 0 saturated carbocycles. The number of nitrogens with zero attached hydrogens (tertiary/aromatic N) is 3. The molecule has 2 amide bonds. The molecule has 0 N–H and O–H groups in total. The van der Waals surface area contributed by atoms with Crippen molar-refractivity contribution in [2.75, 3.05) is 31.1 Å². The molecule has 2 heterocycles. The molecule has 2 fully saturated rings. The SMILES string of the molecule is CC(C)(C)c1ccccc1N1CCN(C(=O)C2CCC(=O)N2Cc2ccccc2)CC1. The van der Waals surface area contributed by atoms with Gasteiger partial charge in [0.25, 0.3) is 0 Å². The fraction of sp³-hybridized carbons (Fsp3) is 0.462. The van der Waals surface area contributed by atoms with E-state index in [1.165, 1.54) is 11.3 Å². The number of amides is 2. The third-order valence-corrected chi connectivity index (χ3v) is 6.45. The molecule has 0 aromatic heterocycles. The second-order valence-corrected chi connectivity index (χ2v) is 9.64. The van der Waals surface area contributed by atoms with Gasteiger partial charge in [-0.2, -0.15) is 0 Å². The van der Waals surface area contributed by atoms with Crippen LogP contribution in [-0.4, -0.2) is 53.8 Å². The van der Waals surface area contributed by atoms with Crippen LogP contribution in [0.5, 0.6) is 0 Å². The van der Waals surface area contributed by atoms with Gasteiger partial charge in [0, 0.05) is 44.8 Å². The zero-order valence-corrected chi connectivity index (χ0v) is 18.9. The highest BCUT2D eigenvalue weighted by Gasteiger charge is 2.39. The van der Waals surface area contributed by atoms with Crippen LogP contribution in [0.2, 0.25) is 0 Å². The lowest BCUT2D eigenvalue weighted by Gasteiger charge is -2.40. The molecular formula is C26H33N3O2. The molecule has 2 aliphatic heterocycles. The van der Waals surface area contributed by atoms with E-state index in [1.807, 2.05) is 35.2 Å². The van der Waals surface area contributed by atoms with Gasteiger partial charge in [-0.3, -0.25) is 9.59 Å². The van der Waals surface area contributed by atoms with E-state index in [0.717, 1.165) is 18.7 Å². The Bertz CT molecular complexity index is 927. The highest BCUT2D eigenvalue weighted by atomic mass is 16.2. The molecule has 2 aromatic rings. The second-order valence-electron chi connectivity index (χ2n) is 9.64. The van der Waals surface area contributed by atoms with Gasteiger partial charge in [-0.15, -0.1) is 0 Å². The van der Waals surface area contributed by atoms with E-state index in [0.29, 0.717) is 32.5 Å². The number of hydrogen-bond acceptors (Lipinski definition) is 3. The Morgan fingerprint density at radius 2 is 1.58 bits per heavy atom. The zero-order chi connectivity index (χ0) is 22.0. The highest BCUT2D eigenvalue weighted by molar-refractivity contribution is 5.91. The number of hydrogen-bond donors (Lipinski definition) is 0. The van der Waals surface area contributed by atoms with E-state index >= 15 is 0 Å². The molecule has 1 unspecified atom stereocenters. The van der Waals surface area contributed by atoms with E-state index in [4.69, 9.17) is 0 Å². The van der Waals surface area contributed by atoms with Gasteiger partial charge < -0.3 is 14.7 Å². The van der Waals surface area contributed by atoms with Crippen molar-refractivity contribution >= 4 is 17.5 Å². The van der Waals surface area contributed by atoms with E-state index in [2.05, 4.69) is 49.9 Å². The van der Waals surface area contributed by atoms with Crippen LogP contribution in [0, 0.1) is 0 Å². The van der Waals surface area contributed by atoms with E-state index < -0.39 is 0 Å². The Labute approximate surface area is 185 Å². The fourth-order valence-corrected chi connectivity index (χ4v) is 4.73. The predicted molar refractivity (Wildman–Crippen MR) is 124 cm³/mol. The van der Waals surface area contributed by atoms with Gasteiger partial charge in [0.1, 0.15) is 6.04 Å². The molecule has 4 rings (SSSR count). The molecule has 0 radical (unpaired) electrons. The monoisotopic (exact) mass is 419 g/mol. The summed E-state index contributed by atoms with van der Waals surface area (Å²) < 4.78 is 0. The summed E-state index contributed by atoms with van der Waals surface area (Å²) in [6, 6.07) is 18.2. The molecule has 0 spiro atoms. The molecule has 31 heavy (non-hydrogen) atoms. The summed E-state index contributed by atoms with van der Waals surface area (Å²) in [5, 5.41) is 0. The first-order valence-electron chi connectivity index (χ1n) is 11.3. The third kappa shape index (κ3) is 4.60. The predicted octanol–water partition coefficient (Wildman–Crippen LogP) is 3.82. The number of carbonyl (C=O) groups excluding carboxylic acids is 2. The van der Waals surface area contributed by atoms with Gasteiger partial charge in [0.05, 0.1) is 0 Å². The number of anilines is 1. The van der Waals surface area contributed by atoms with Gasteiger partial charge in [-0.1, -0.05) is 69.3 Å². The quantitative estimate of drug-likeness (QED) is 0.757. The minimum absolute atomic E-state index is 0.0751. The molecule has 2 aliphatic rings. The van der Waals surface area contributed by atoms with Crippen molar-refractivity contribution < 1.29 is 9.59 Å². The first-order valence-corrected chi connectivity index (χ1v) is 11.3. The minimum Gasteiger partial charge on any atom is -0.368 e. The molecule has 2 saturated heterocycles. The third-order valence-electron chi connectivity index (χ3n) is 6.45. The van der Waals surface area contributed by atoms with E-state index in [9.17, 15) is 9.59 Å². The number of likely N-dealkylation sites (tertiary alicyclic amines) is 1. The Kier molecular flexibility index (Phi) is 6.03. The van der Waals surface area contributed by atoms with E-state index in [-0.39, 0.29) is 23.3 Å². The molecule has 5 heteroatoms. The van der Waals surface area contributed by atoms with Crippen LogP contribution < -0.4 is 4.90 Å². The van der Waals surface area contributed by atoms with Crippen LogP contribution in [0.4, 0.5) is 5.69 Å². The molecule has 5 nitrogen and oxygen atoms in total. The lowest BCUT2D eigenvalue weighted by atomic mass is 9.85. The first-order chi connectivity index (χ1) is 14.8. The van der Waals surface area contributed by atoms with Crippen molar-refractivity contribution in [2.24, 2.45) is 0 Å². The van der Waals surface area contributed by atoms with Gasteiger partial charge >= 0.3 is 0 Å². The standard InChI is InChI=1S/C26H33N3O2/c1-26(2,3)21-11-7-8-12-22(21)27-15-17-28(18-16-27)25(31)23-13-14-24(30)29(23)19-20-9-5-4-6-10-20/h4-12,23H,13-19H2,1-3H3. The van der Waals surface area contributed by atoms with Crippen molar-refractivity contribution in [3.63, 3.8) is 0 Å². The van der Waals surface area contributed by atoms with Crippen LogP contribution in [-0.2, 0) is 21.5 Å². The molecule has 1 atom stereocenters. The number of para-hydroxylation sites is 1. The fourth-order valence-electron chi connectivity index (χ4n) is 4.73. The zero-order valence-electron chi connectivity index (χ0n) is 18.9. The summed E-state index contributed by atoms with van der Waals surface area (Å²) in [4.78, 5) is 31.9. The maximum Gasteiger partial charge on any atom is 0.245 e. The molecule has 0 bridgehead atoms. The minimum atomic E-state index is -0.332. The molecule has 0 aliphatic carbocycles. The van der Waals surface area contributed by atoms with Gasteiger partial charge in [-0.05, 0) is 29.0 Å². The maximum atomic E-state index is 13.3. The summed E-state index contributed by atoms with van der Waals surface area (Å²) in [6.07, 6.45) is 1.08. The number of carbonyl (C=O) groups is 2. The van der Waals surface area contributed by atoms with Crippen molar-refractivity contribution in [2.45, 2.75) is 51.6 Å². The summed E-state index contributed by atoms with van der Waals surface area (Å²) >= 11 is 0. The van der Waals surface area contributed by atoms with Crippen LogP contribution >= 0.6 is 0 Å². The first kappa shape index (κ1) is 21.4. The molecular weight excluding hydrogens is 386 g/mol. The average Bonchev–Trinajstić information content (AvgIpc) is 3.13. The van der Waals surface area contributed by atoms with Crippen LogP contribution in [0.25, 0.3) is 0 Å². The number of rotatable bonds is 4. The van der Waals surface area contributed by atoms with Crippen LogP contribution in [0.1, 0.15) is 44.7 Å². The highest BCUT2D eigenvalue weighted by Crippen LogP contribution is 2.32. The van der Waals surface area contributed by atoms with Crippen molar-refractivity contribution in [1.82, 2.24) is 9.80 Å². The lowest BCUT2D eigenvalue weighted by molar-refractivity contribution is -0.142. The summed E-state index contributed by atoms with van der Waals surface area (Å²) in [5.74, 6) is 0.186. The summed E-state index contributed by atoms with van der Waals surface area (Å²) in [5.41, 5.74) is 3.75. The van der Waals surface area contributed by atoms with Crippen LogP contribution in [0.15, 0.2) is 54.6 Å². The smallest absolute Gasteiger partial charge is 0.245 e. The van der Waals surface area contributed by atoms with Crippen molar-refractivity contribution in [1.29, 1.82) is 0 Å². The van der Waals surface area contributed by atoms with Gasteiger partial charge in [0.15, 0.2) is 0 Å². The Morgan fingerprint density at radius 1 is 0.935 bits per heavy atom. The van der Waals surface area contributed by atoms with Crippen molar-refractivity contribution in [3.8, 4) is 0 Å². The summed E-state index contributed by atoms with van der Waals surface area (Å²) in [6.45, 7) is 10.3. The Hall–Kier alpha value is -2.82. The van der Waals surface area contributed by atoms with Gasteiger partial charge in [0.2, 0.25) is 11.8 Å². The summed E-state index contributed by atoms with van der Waals surface area (Å²) in [7, 11) is 0. The number of piperazine rings is 1. The average molecular weight is 420 g/mol. The Balaban J connectivity index is 1.42.